The maximum absolute atomic E-state index is 13.4. The number of amides is 1. The summed E-state index contributed by atoms with van der Waals surface area (Å²) in [6, 6.07) is 11.0. The Morgan fingerprint density at radius 2 is 1.96 bits per heavy atom. The molecule has 0 aliphatic heterocycles. The molecule has 0 saturated heterocycles. The van der Waals surface area contributed by atoms with E-state index in [0.29, 0.717) is 10.7 Å². The minimum atomic E-state index is -0.674. The van der Waals surface area contributed by atoms with Crippen molar-refractivity contribution in [3.05, 3.63) is 64.4 Å². The van der Waals surface area contributed by atoms with Crippen LogP contribution < -0.4 is 5.32 Å². The lowest BCUT2D eigenvalue weighted by molar-refractivity contribution is -0.146. The lowest BCUT2D eigenvalue weighted by atomic mass is 10.1. The molecule has 0 fully saturated rings. The molecular formula is C17H15ClFNO3. The Hall–Kier alpha value is -2.40. The second-order valence-corrected chi connectivity index (χ2v) is 5.35. The van der Waals surface area contributed by atoms with Crippen LogP contribution in [0.15, 0.2) is 42.5 Å². The van der Waals surface area contributed by atoms with Crippen LogP contribution in [-0.2, 0) is 20.7 Å². The summed E-state index contributed by atoms with van der Waals surface area (Å²) in [6.45, 7) is 1.40. The molecule has 1 amide bonds. The summed E-state index contributed by atoms with van der Waals surface area (Å²) in [5, 5.41) is 3.09. The number of nitrogens with one attached hydrogen (secondary N) is 1. The number of anilines is 1. The van der Waals surface area contributed by atoms with Crippen LogP contribution in [0.5, 0.6) is 0 Å². The molecule has 0 aliphatic carbocycles. The van der Waals surface area contributed by atoms with Crippen molar-refractivity contribution in [3.63, 3.8) is 0 Å². The summed E-state index contributed by atoms with van der Waals surface area (Å²) in [6.07, 6.45) is -0.226. The number of hydrogen-bond acceptors (Lipinski definition) is 3. The Kier molecular flexibility index (Phi) is 5.71. The van der Waals surface area contributed by atoms with Gasteiger partial charge in [0.1, 0.15) is 5.82 Å². The highest BCUT2D eigenvalue weighted by molar-refractivity contribution is 6.31. The minimum Gasteiger partial charge on any atom is -0.455 e. The van der Waals surface area contributed by atoms with Crippen molar-refractivity contribution in [2.45, 2.75) is 13.3 Å². The van der Waals surface area contributed by atoms with Crippen LogP contribution in [0.25, 0.3) is 0 Å². The average molecular weight is 336 g/mol. The zero-order chi connectivity index (χ0) is 16.8. The number of esters is 1. The van der Waals surface area contributed by atoms with Crippen LogP contribution in [0.2, 0.25) is 5.02 Å². The Balaban J connectivity index is 1.83. The first-order chi connectivity index (χ1) is 11.0. The molecule has 120 valence electrons. The van der Waals surface area contributed by atoms with Gasteiger partial charge in [-0.15, -0.1) is 0 Å². The fourth-order valence-electron chi connectivity index (χ4n) is 1.86. The molecule has 0 aromatic heterocycles. The molecule has 0 aliphatic rings. The summed E-state index contributed by atoms with van der Waals surface area (Å²) in [7, 11) is 0. The van der Waals surface area contributed by atoms with Crippen LogP contribution >= 0.6 is 11.6 Å². The third kappa shape index (κ3) is 5.07. The van der Waals surface area contributed by atoms with E-state index in [-0.39, 0.29) is 12.0 Å². The number of benzene rings is 2. The van der Waals surface area contributed by atoms with Crippen molar-refractivity contribution < 1.29 is 18.7 Å². The van der Waals surface area contributed by atoms with E-state index >= 15 is 0 Å². The molecule has 1 N–H and O–H groups in total. The second-order valence-electron chi connectivity index (χ2n) is 4.94. The Labute approximate surface area is 138 Å². The van der Waals surface area contributed by atoms with Crippen molar-refractivity contribution in [1.82, 2.24) is 0 Å². The zero-order valence-corrected chi connectivity index (χ0v) is 13.2. The van der Waals surface area contributed by atoms with Gasteiger partial charge >= 0.3 is 5.97 Å². The van der Waals surface area contributed by atoms with Gasteiger partial charge in [-0.2, -0.15) is 0 Å². The fraction of sp³-hybridized carbons (Fsp3) is 0.176. The van der Waals surface area contributed by atoms with Crippen molar-refractivity contribution in [2.75, 3.05) is 11.9 Å². The van der Waals surface area contributed by atoms with E-state index in [1.165, 1.54) is 18.2 Å². The molecular weight excluding hydrogens is 321 g/mol. The van der Waals surface area contributed by atoms with Crippen LogP contribution in [0.3, 0.4) is 0 Å². The third-order valence-electron chi connectivity index (χ3n) is 3.11. The number of ether oxygens (including phenoxy) is 1. The highest BCUT2D eigenvalue weighted by Crippen LogP contribution is 2.19. The molecule has 2 rings (SSSR count). The van der Waals surface area contributed by atoms with E-state index in [1.807, 2.05) is 6.92 Å². The van der Waals surface area contributed by atoms with Gasteiger partial charge in [-0.25, -0.2) is 4.39 Å². The maximum atomic E-state index is 13.4. The highest BCUT2D eigenvalue weighted by Gasteiger charge is 2.11. The van der Waals surface area contributed by atoms with E-state index in [1.54, 1.807) is 24.3 Å². The predicted molar refractivity (Wildman–Crippen MR) is 85.9 cm³/mol. The van der Waals surface area contributed by atoms with Crippen molar-refractivity contribution in [3.8, 4) is 0 Å². The van der Waals surface area contributed by atoms with E-state index in [2.05, 4.69) is 5.32 Å². The van der Waals surface area contributed by atoms with Crippen LogP contribution in [0.1, 0.15) is 11.1 Å². The summed E-state index contributed by atoms with van der Waals surface area (Å²) < 4.78 is 18.2. The largest absolute Gasteiger partial charge is 0.455 e. The zero-order valence-electron chi connectivity index (χ0n) is 12.4. The number of hydrogen-bond donors (Lipinski definition) is 1. The van der Waals surface area contributed by atoms with E-state index in [4.69, 9.17) is 16.3 Å². The summed E-state index contributed by atoms with van der Waals surface area (Å²) in [5.74, 6) is -1.65. The summed E-state index contributed by atoms with van der Waals surface area (Å²) in [5.41, 5.74) is 1.62. The van der Waals surface area contributed by atoms with Gasteiger partial charge in [0.2, 0.25) is 0 Å². The predicted octanol–water partition coefficient (Wildman–Crippen LogP) is 3.51. The van der Waals surface area contributed by atoms with Gasteiger partial charge in [0.25, 0.3) is 5.91 Å². The summed E-state index contributed by atoms with van der Waals surface area (Å²) in [4.78, 5) is 23.4. The van der Waals surface area contributed by atoms with Gasteiger partial charge in [0.05, 0.1) is 6.42 Å². The Morgan fingerprint density at radius 3 is 2.65 bits per heavy atom. The lowest BCUT2D eigenvalue weighted by Crippen LogP contribution is -2.21. The standard InChI is InChI=1S/C17H15ClFNO3/c1-11-6-7-13(9-14(11)18)20-16(21)10-23-17(22)8-12-4-2-3-5-15(12)19/h2-7,9H,8,10H2,1H3,(H,20,21). The number of halogens is 2. The molecule has 0 bridgehead atoms. The lowest BCUT2D eigenvalue weighted by Gasteiger charge is -2.08. The molecule has 0 spiro atoms. The quantitative estimate of drug-likeness (QED) is 0.851. The van der Waals surface area contributed by atoms with Crippen molar-refractivity contribution in [1.29, 1.82) is 0 Å². The smallest absolute Gasteiger partial charge is 0.310 e. The SMILES string of the molecule is Cc1ccc(NC(=O)COC(=O)Cc2ccccc2F)cc1Cl. The van der Waals surface area contributed by atoms with Gasteiger partial charge in [-0.1, -0.05) is 35.9 Å². The first kappa shape index (κ1) is 17.0. The monoisotopic (exact) mass is 335 g/mol. The Bertz CT molecular complexity index is 734. The molecule has 0 atom stereocenters. The van der Waals surface area contributed by atoms with E-state index in [0.717, 1.165) is 5.56 Å². The van der Waals surface area contributed by atoms with Gasteiger partial charge in [0.15, 0.2) is 6.61 Å². The molecule has 0 heterocycles. The first-order valence-electron chi connectivity index (χ1n) is 6.91. The van der Waals surface area contributed by atoms with E-state index in [9.17, 15) is 14.0 Å². The number of aryl methyl sites for hydroxylation is 1. The molecule has 2 aromatic rings. The molecule has 0 unspecified atom stereocenters. The number of rotatable bonds is 5. The highest BCUT2D eigenvalue weighted by atomic mass is 35.5. The van der Waals surface area contributed by atoms with Crippen LogP contribution in [0, 0.1) is 12.7 Å². The Morgan fingerprint density at radius 1 is 1.22 bits per heavy atom. The fourth-order valence-corrected chi connectivity index (χ4v) is 2.04. The first-order valence-corrected chi connectivity index (χ1v) is 7.28. The number of carbonyl (C=O) groups excluding carboxylic acids is 2. The van der Waals surface area contributed by atoms with Crippen molar-refractivity contribution in [2.24, 2.45) is 0 Å². The summed E-state index contributed by atoms with van der Waals surface area (Å²) >= 11 is 5.96. The molecule has 2 aromatic carbocycles. The average Bonchev–Trinajstić information content (AvgIpc) is 2.51. The molecule has 23 heavy (non-hydrogen) atoms. The minimum absolute atomic E-state index is 0.225. The van der Waals surface area contributed by atoms with Gasteiger partial charge < -0.3 is 10.1 Å². The molecule has 4 nitrogen and oxygen atoms in total. The molecule has 0 saturated carbocycles. The third-order valence-corrected chi connectivity index (χ3v) is 3.52. The molecule has 0 radical (unpaired) electrons. The molecule has 6 heteroatoms. The van der Waals surface area contributed by atoms with Crippen LogP contribution in [-0.4, -0.2) is 18.5 Å². The van der Waals surface area contributed by atoms with Crippen molar-refractivity contribution >= 4 is 29.2 Å². The van der Waals surface area contributed by atoms with E-state index < -0.39 is 24.3 Å². The van der Waals surface area contributed by atoms with Gasteiger partial charge in [-0.05, 0) is 36.2 Å². The van der Waals surface area contributed by atoms with Gasteiger partial charge in [-0.3, -0.25) is 9.59 Å². The van der Waals surface area contributed by atoms with Crippen LogP contribution in [0.4, 0.5) is 10.1 Å². The van der Waals surface area contributed by atoms with Gasteiger partial charge in [0, 0.05) is 10.7 Å². The maximum Gasteiger partial charge on any atom is 0.310 e. The number of carbonyl (C=O) groups is 2. The topological polar surface area (TPSA) is 55.4 Å². The second kappa shape index (κ2) is 7.74. The normalized spacial score (nSPS) is 10.2.